The molecule has 2 heteroatoms. The van der Waals surface area contributed by atoms with E-state index in [9.17, 15) is 0 Å². The molecule has 2 aliphatic rings. The maximum absolute atomic E-state index is 2.91. The quantitative estimate of drug-likeness (QED) is 0.105. The van der Waals surface area contributed by atoms with Gasteiger partial charge in [-0.2, -0.15) is 0 Å². The minimum absolute atomic E-state index is 1.20. The van der Waals surface area contributed by atoms with E-state index in [1.165, 1.54) is 130 Å². The lowest BCUT2D eigenvalue weighted by Crippen LogP contribution is -2.73. The van der Waals surface area contributed by atoms with Crippen molar-refractivity contribution >= 4 is 79.2 Å². The summed E-state index contributed by atoms with van der Waals surface area (Å²) in [5.41, 5.74) is 15.4. The van der Waals surface area contributed by atoms with E-state index in [4.69, 9.17) is 0 Å². The Hall–Kier alpha value is -9.19. The van der Waals surface area contributed by atoms with Gasteiger partial charge in [0.25, 0.3) is 0 Å². The molecule has 0 bridgehead atoms. The second kappa shape index (κ2) is 17.7. The predicted molar refractivity (Wildman–Crippen MR) is 328 cm³/mol. The average Bonchev–Trinajstić information content (AvgIpc) is 4.22. The summed E-state index contributed by atoms with van der Waals surface area (Å²) in [7, 11) is -5.81. The van der Waals surface area contributed by atoms with Gasteiger partial charge in [-0.25, -0.2) is 0 Å². The summed E-state index contributed by atoms with van der Waals surface area (Å²) < 4.78 is 0. The molecule has 2 aliphatic heterocycles. The molecule has 0 aromatic heterocycles. The molecular formula is C74H50Si2. The van der Waals surface area contributed by atoms with Gasteiger partial charge < -0.3 is 0 Å². The van der Waals surface area contributed by atoms with Gasteiger partial charge in [0.2, 0.25) is 0 Å². The highest BCUT2D eigenvalue weighted by atomic mass is 28.3. The molecule has 0 saturated carbocycles. The Labute approximate surface area is 446 Å². The zero-order chi connectivity index (χ0) is 50.2. The lowest BCUT2D eigenvalue weighted by molar-refractivity contribution is 1.60. The van der Waals surface area contributed by atoms with Crippen molar-refractivity contribution in [1.29, 1.82) is 0 Å². The Morgan fingerprint density at radius 3 is 0.882 bits per heavy atom. The van der Waals surface area contributed by atoms with Gasteiger partial charge >= 0.3 is 0 Å². The van der Waals surface area contributed by atoms with Gasteiger partial charge in [-0.1, -0.05) is 297 Å². The second-order valence-corrected chi connectivity index (χ2v) is 27.9. The Morgan fingerprint density at radius 1 is 0.184 bits per heavy atom. The number of benzene rings is 13. The van der Waals surface area contributed by atoms with Crippen molar-refractivity contribution in [3.8, 4) is 66.8 Å². The molecule has 0 atom stereocenters. The molecule has 0 saturated heterocycles. The van der Waals surface area contributed by atoms with Crippen molar-refractivity contribution in [2.45, 2.75) is 0 Å². The Kier molecular flexibility index (Phi) is 10.3. The van der Waals surface area contributed by atoms with Crippen molar-refractivity contribution in [3.05, 3.63) is 303 Å². The highest BCUT2D eigenvalue weighted by Gasteiger charge is 2.51. The zero-order valence-corrected chi connectivity index (χ0v) is 43.9. The van der Waals surface area contributed by atoms with Crippen LogP contribution in [0.15, 0.2) is 303 Å². The SMILES string of the molecule is c1ccc(-c2ccccc2-c2c3cccc(-c4cccc5c4[Si](c4ccccc4)(c4ccccc4)c4ccccc4-5)c3cc3c(-c4cccc5c4[Si](c4ccccc4)(c4ccccc4)c4ccccc4-5)cccc23)cc1. The van der Waals surface area contributed by atoms with E-state index in [2.05, 4.69) is 303 Å². The van der Waals surface area contributed by atoms with Gasteiger partial charge in [0.15, 0.2) is 16.1 Å². The largest absolute Gasteiger partial charge is 0.181 e. The lowest BCUT2D eigenvalue weighted by atomic mass is 9.84. The number of hydrogen-bond donors (Lipinski definition) is 0. The summed E-state index contributed by atoms with van der Waals surface area (Å²) in [6, 6.07) is 115. The summed E-state index contributed by atoms with van der Waals surface area (Å²) in [6.45, 7) is 0. The van der Waals surface area contributed by atoms with Gasteiger partial charge in [0, 0.05) is 0 Å². The summed E-state index contributed by atoms with van der Waals surface area (Å²) in [5.74, 6) is 0. The average molecular weight is 995 g/mol. The molecule has 0 fully saturated rings. The van der Waals surface area contributed by atoms with Crippen LogP contribution in [0.4, 0.5) is 0 Å². The summed E-state index contributed by atoms with van der Waals surface area (Å²) in [5, 5.41) is 16.4. The van der Waals surface area contributed by atoms with Crippen LogP contribution in [0.3, 0.4) is 0 Å². The van der Waals surface area contributed by atoms with E-state index >= 15 is 0 Å². The van der Waals surface area contributed by atoms with E-state index in [1.54, 1.807) is 0 Å². The standard InChI is InChI=1S/C74H50Si2/c1-6-26-51(27-7-1)56-36-16-17-39-61(56)72-62-42-22-40-57(64-44-24-46-66-59-37-18-20-48-70(59)75(73(64)66,52-28-8-2-9-29-52)53-30-10-3-11-31-53)68(62)50-69-58(41-23-43-63(69)72)65-45-25-47-67-60-38-19-21-49-71(60)76(74(65)67,54-32-12-4-13-33-54)55-34-14-5-15-35-55/h1-50H. The minimum Gasteiger partial charge on any atom is -0.0623 e. The van der Waals surface area contributed by atoms with E-state index in [0.29, 0.717) is 0 Å². The van der Waals surface area contributed by atoms with Crippen LogP contribution >= 0.6 is 0 Å². The fraction of sp³-hybridized carbons (Fsp3) is 0. The first kappa shape index (κ1) is 44.3. The first-order valence-corrected chi connectivity index (χ1v) is 30.6. The molecule has 0 nitrogen and oxygen atoms in total. The van der Waals surface area contributed by atoms with Crippen LogP contribution in [0.2, 0.25) is 0 Å². The monoisotopic (exact) mass is 994 g/mol. The second-order valence-electron chi connectivity index (χ2n) is 20.5. The zero-order valence-electron chi connectivity index (χ0n) is 41.9. The third-order valence-corrected chi connectivity index (χ3v) is 26.7. The maximum Gasteiger partial charge on any atom is 0.181 e. The number of hydrogen-bond acceptors (Lipinski definition) is 0. The van der Waals surface area contributed by atoms with Crippen LogP contribution in [-0.2, 0) is 0 Å². The van der Waals surface area contributed by atoms with Crippen LogP contribution in [0.5, 0.6) is 0 Å². The normalized spacial score (nSPS) is 13.5. The molecule has 0 aliphatic carbocycles. The Balaban J connectivity index is 1.09. The molecule has 0 N–H and O–H groups in total. The molecule has 354 valence electrons. The van der Waals surface area contributed by atoms with Crippen LogP contribution in [0.25, 0.3) is 88.3 Å². The molecule has 13 aromatic rings. The molecule has 0 amide bonds. The number of fused-ring (bicyclic) bond motifs is 8. The van der Waals surface area contributed by atoms with E-state index in [1.807, 2.05) is 0 Å². The van der Waals surface area contributed by atoms with E-state index in [0.717, 1.165) is 0 Å². The third-order valence-electron chi connectivity index (χ3n) is 16.8. The van der Waals surface area contributed by atoms with Crippen LogP contribution in [-0.4, -0.2) is 16.1 Å². The molecule has 0 radical (unpaired) electrons. The molecule has 13 aromatic carbocycles. The summed E-state index contributed by atoms with van der Waals surface area (Å²) in [6.07, 6.45) is 0. The Bertz CT molecular complexity index is 4060. The fourth-order valence-corrected chi connectivity index (χ4v) is 24.8. The van der Waals surface area contributed by atoms with Gasteiger partial charge in [0.1, 0.15) is 0 Å². The maximum atomic E-state index is 2.58. The summed E-state index contributed by atoms with van der Waals surface area (Å²) in [4.78, 5) is 0. The molecule has 0 unspecified atom stereocenters. The third kappa shape index (κ3) is 6.35. The van der Waals surface area contributed by atoms with Gasteiger partial charge in [0.05, 0.1) is 0 Å². The highest BCUT2D eigenvalue weighted by Crippen LogP contribution is 2.47. The topological polar surface area (TPSA) is 0 Å². The van der Waals surface area contributed by atoms with Crippen molar-refractivity contribution in [2.24, 2.45) is 0 Å². The molecule has 2 heterocycles. The van der Waals surface area contributed by atoms with Crippen molar-refractivity contribution in [3.63, 3.8) is 0 Å². The predicted octanol–water partition coefficient (Wildman–Crippen LogP) is 13.4. The van der Waals surface area contributed by atoms with Crippen molar-refractivity contribution in [2.75, 3.05) is 0 Å². The fourth-order valence-electron chi connectivity index (χ4n) is 14.0. The van der Waals surface area contributed by atoms with Gasteiger partial charge in [-0.05, 0) is 136 Å². The molecule has 76 heavy (non-hydrogen) atoms. The summed E-state index contributed by atoms with van der Waals surface area (Å²) >= 11 is 0. The smallest absolute Gasteiger partial charge is 0.0623 e. The minimum atomic E-state index is -2.91. The molecule has 15 rings (SSSR count). The van der Waals surface area contributed by atoms with Crippen molar-refractivity contribution < 1.29 is 0 Å². The highest BCUT2D eigenvalue weighted by molar-refractivity contribution is 7.23. The molecule has 0 spiro atoms. The number of rotatable bonds is 8. The van der Waals surface area contributed by atoms with Gasteiger partial charge in [-0.15, -0.1) is 0 Å². The van der Waals surface area contributed by atoms with Crippen LogP contribution < -0.4 is 41.5 Å². The lowest BCUT2D eigenvalue weighted by Gasteiger charge is -2.33. The molecular weight excluding hydrogens is 945 g/mol. The first-order valence-electron chi connectivity index (χ1n) is 26.6. The Morgan fingerprint density at radius 2 is 0.474 bits per heavy atom. The van der Waals surface area contributed by atoms with Crippen molar-refractivity contribution in [1.82, 2.24) is 0 Å². The first-order chi connectivity index (χ1) is 37.8. The van der Waals surface area contributed by atoms with E-state index < -0.39 is 16.1 Å². The van der Waals surface area contributed by atoms with E-state index in [-0.39, 0.29) is 0 Å². The van der Waals surface area contributed by atoms with Crippen LogP contribution in [0.1, 0.15) is 0 Å². The van der Waals surface area contributed by atoms with Crippen LogP contribution in [0, 0.1) is 0 Å². The van der Waals surface area contributed by atoms with Gasteiger partial charge in [-0.3, -0.25) is 0 Å².